The lowest BCUT2D eigenvalue weighted by Gasteiger charge is -2.37. The molecule has 6 nitrogen and oxygen atoms in total. The molecule has 1 heterocycles. The molecule has 148 valence electrons. The number of carboxylic acids is 1. The number of aliphatic carboxylic acids is 1. The SMILES string of the molecule is Cc1c(C)c2c(c(C)c1OCC(=O)O)CCC(C)(C(=O)Nc1ccccc1)O2. The van der Waals surface area contributed by atoms with Crippen molar-refractivity contribution in [3.8, 4) is 11.5 Å². The zero-order valence-electron chi connectivity index (χ0n) is 16.6. The van der Waals surface area contributed by atoms with Gasteiger partial charge in [-0.1, -0.05) is 18.2 Å². The molecule has 0 saturated carbocycles. The molecule has 1 amide bonds. The van der Waals surface area contributed by atoms with Crippen LogP contribution in [0.5, 0.6) is 11.5 Å². The molecule has 0 radical (unpaired) electrons. The number of amides is 1. The molecule has 2 aromatic carbocycles. The lowest BCUT2D eigenvalue weighted by molar-refractivity contribution is -0.139. The Morgan fingerprint density at radius 2 is 1.82 bits per heavy atom. The first kappa shape index (κ1) is 19.7. The van der Waals surface area contributed by atoms with Crippen LogP contribution in [0.4, 0.5) is 5.69 Å². The zero-order valence-corrected chi connectivity index (χ0v) is 16.6. The number of carboxylic acid groups (broad SMARTS) is 1. The van der Waals surface area contributed by atoms with E-state index in [2.05, 4.69) is 5.32 Å². The van der Waals surface area contributed by atoms with Crippen molar-refractivity contribution in [3.63, 3.8) is 0 Å². The van der Waals surface area contributed by atoms with Gasteiger partial charge in [-0.05, 0) is 62.9 Å². The monoisotopic (exact) mass is 383 g/mol. The second-order valence-corrected chi connectivity index (χ2v) is 7.35. The van der Waals surface area contributed by atoms with Crippen LogP contribution < -0.4 is 14.8 Å². The Balaban J connectivity index is 1.90. The fourth-order valence-electron chi connectivity index (χ4n) is 3.53. The number of anilines is 1. The molecule has 2 N–H and O–H groups in total. The highest BCUT2D eigenvalue weighted by Crippen LogP contribution is 2.44. The highest BCUT2D eigenvalue weighted by atomic mass is 16.5. The predicted octanol–water partition coefficient (Wildman–Crippen LogP) is 3.80. The van der Waals surface area contributed by atoms with Crippen LogP contribution in [0.25, 0.3) is 0 Å². The first-order valence-corrected chi connectivity index (χ1v) is 9.25. The Hall–Kier alpha value is -3.02. The first-order valence-electron chi connectivity index (χ1n) is 9.25. The number of nitrogens with one attached hydrogen (secondary N) is 1. The molecule has 1 atom stereocenters. The van der Waals surface area contributed by atoms with E-state index in [1.807, 2.05) is 51.1 Å². The molecule has 1 unspecified atom stereocenters. The Morgan fingerprint density at radius 3 is 2.46 bits per heavy atom. The number of para-hydroxylation sites is 1. The smallest absolute Gasteiger partial charge is 0.341 e. The standard InChI is InChI=1S/C22H25NO5/c1-13-14(2)20-17(15(3)19(13)27-12-18(24)25)10-11-22(4,28-20)21(26)23-16-8-6-5-7-9-16/h5-9H,10-12H2,1-4H3,(H,23,26)(H,24,25). The number of ether oxygens (including phenoxy) is 2. The Morgan fingerprint density at radius 1 is 1.14 bits per heavy atom. The van der Waals surface area contributed by atoms with Gasteiger partial charge < -0.3 is 19.9 Å². The predicted molar refractivity (Wildman–Crippen MR) is 106 cm³/mol. The summed E-state index contributed by atoms with van der Waals surface area (Å²) in [6.45, 7) is 7.09. The van der Waals surface area contributed by atoms with Crippen LogP contribution in [0.15, 0.2) is 30.3 Å². The summed E-state index contributed by atoms with van der Waals surface area (Å²) in [4.78, 5) is 23.8. The van der Waals surface area contributed by atoms with Gasteiger partial charge in [0.25, 0.3) is 5.91 Å². The fraction of sp³-hybridized carbons (Fsp3) is 0.364. The topological polar surface area (TPSA) is 84.9 Å². The van der Waals surface area contributed by atoms with Gasteiger partial charge in [0, 0.05) is 17.7 Å². The average Bonchev–Trinajstić information content (AvgIpc) is 2.66. The third-order valence-electron chi connectivity index (χ3n) is 5.34. The average molecular weight is 383 g/mol. The van der Waals surface area contributed by atoms with Gasteiger partial charge in [-0.15, -0.1) is 0 Å². The second kappa shape index (κ2) is 7.54. The number of carbonyl (C=O) groups excluding carboxylic acids is 1. The van der Waals surface area contributed by atoms with Crippen molar-refractivity contribution in [2.45, 2.75) is 46.1 Å². The number of hydrogen-bond donors (Lipinski definition) is 2. The third kappa shape index (κ3) is 3.67. The molecular formula is C22H25NO5. The molecular weight excluding hydrogens is 358 g/mol. The molecule has 0 aliphatic carbocycles. The number of carbonyl (C=O) groups is 2. The van der Waals surface area contributed by atoms with Crippen molar-refractivity contribution in [2.24, 2.45) is 0 Å². The Labute approximate surface area is 164 Å². The van der Waals surface area contributed by atoms with E-state index in [0.29, 0.717) is 24.3 Å². The largest absolute Gasteiger partial charge is 0.481 e. The van der Waals surface area contributed by atoms with Crippen molar-refractivity contribution in [1.82, 2.24) is 0 Å². The van der Waals surface area contributed by atoms with Crippen molar-refractivity contribution < 1.29 is 24.2 Å². The zero-order chi connectivity index (χ0) is 20.5. The van der Waals surface area contributed by atoms with E-state index in [1.165, 1.54) is 0 Å². The summed E-state index contributed by atoms with van der Waals surface area (Å²) in [5.41, 5.74) is 3.25. The van der Waals surface area contributed by atoms with Crippen molar-refractivity contribution >= 4 is 17.6 Å². The van der Waals surface area contributed by atoms with Crippen LogP contribution in [0, 0.1) is 20.8 Å². The van der Waals surface area contributed by atoms with Crippen LogP contribution in [0.1, 0.15) is 35.6 Å². The molecule has 0 spiro atoms. The molecule has 0 bridgehead atoms. The van der Waals surface area contributed by atoms with Crippen LogP contribution in [0.3, 0.4) is 0 Å². The summed E-state index contributed by atoms with van der Waals surface area (Å²) < 4.78 is 11.8. The van der Waals surface area contributed by atoms with Crippen LogP contribution in [-0.2, 0) is 16.0 Å². The summed E-state index contributed by atoms with van der Waals surface area (Å²) in [6.07, 6.45) is 1.16. The van der Waals surface area contributed by atoms with Gasteiger partial charge in [0.1, 0.15) is 11.5 Å². The summed E-state index contributed by atoms with van der Waals surface area (Å²) >= 11 is 0. The maximum atomic E-state index is 12.9. The number of fused-ring (bicyclic) bond motifs is 1. The first-order chi connectivity index (χ1) is 13.2. The lowest BCUT2D eigenvalue weighted by atomic mass is 9.86. The number of hydrogen-bond acceptors (Lipinski definition) is 4. The van der Waals surface area contributed by atoms with Crippen LogP contribution in [0.2, 0.25) is 0 Å². The van der Waals surface area contributed by atoms with E-state index >= 15 is 0 Å². The maximum absolute atomic E-state index is 12.9. The second-order valence-electron chi connectivity index (χ2n) is 7.35. The quantitative estimate of drug-likeness (QED) is 0.820. The van der Waals surface area contributed by atoms with Crippen LogP contribution in [-0.4, -0.2) is 29.2 Å². The molecule has 1 aliphatic heterocycles. The summed E-state index contributed by atoms with van der Waals surface area (Å²) in [5.74, 6) is 0.0649. The van der Waals surface area contributed by atoms with Crippen LogP contribution >= 0.6 is 0 Å². The van der Waals surface area contributed by atoms with Gasteiger partial charge in [-0.25, -0.2) is 4.79 Å². The van der Waals surface area contributed by atoms with Crippen molar-refractivity contribution in [2.75, 3.05) is 11.9 Å². The third-order valence-corrected chi connectivity index (χ3v) is 5.34. The molecule has 28 heavy (non-hydrogen) atoms. The maximum Gasteiger partial charge on any atom is 0.341 e. The van der Waals surface area contributed by atoms with Gasteiger partial charge in [-0.2, -0.15) is 0 Å². The van der Waals surface area contributed by atoms with Gasteiger partial charge in [0.2, 0.25) is 0 Å². The highest BCUT2D eigenvalue weighted by Gasteiger charge is 2.41. The molecule has 2 aromatic rings. The molecule has 6 heteroatoms. The minimum Gasteiger partial charge on any atom is -0.481 e. The number of benzene rings is 2. The van der Waals surface area contributed by atoms with Gasteiger partial charge in [-0.3, -0.25) is 4.79 Å². The van der Waals surface area contributed by atoms with E-state index < -0.39 is 18.2 Å². The normalized spacial score (nSPS) is 18.0. The molecule has 0 aromatic heterocycles. The van der Waals surface area contributed by atoms with E-state index in [9.17, 15) is 9.59 Å². The van der Waals surface area contributed by atoms with E-state index in [-0.39, 0.29) is 5.91 Å². The minimum absolute atomic E-state index is 0.190. The molecule has 0 fully saturated rings. The van der Waals surface area contributed by atoms with E-state index in [0.717, 1.165) is 27.9 Å². The van der Waals surface area contributed by atoms with Crippen molar-refractivity contribution in [1.29, 1.82) is 0 Å². The van der Waals surface area contributed by atoms with Gasteiger partial charge in [0.15, 0.2) is 12.2 Å². The summed E-state index contributed by atoms with van der Waals surface area (Å²) in [6, 6.07) is 9.30. The summed E-state index contributed by atoms with van der Waals surface area (Å²) in [7, 11) is 0. The molecule has 3 rings (SSSR count). The lowest BCUT2D eigenvalue weighted by Crippen LogP contribution is -2.48. The Kier molecular flexibility index (Phi) is 5.31. The molecule has 0 saturated heterocycles. The number of rotatable bonds is 5. The fourth-order valence-corrected chi connectivity index (χ4v) is 3.53. The highest BCUT2D eigenvalue weighted by molar-refractivity contribution is 5.97. The molecule has 1 aliphatic rings. The van der Waals surface area contributed by atoms with E-state index in [1.54, 1.807) is 6.92 Å². The minimum atomic E-state index is -1.02. The Bertz CT molecular complexity index is 923. The summed E-state index contributed by atoms with van der Waals surface area (Å²) in [5, 5.41) is 11.8. The van der Waals surface area contributed by atoms with E-state index in [4.69, 9.17) is 14.6 Å². The van der Waals surface area contributed by atoms with Crippen molar-refractivity contribution in [3.05, 3.63) is 52.6 Å². The van der Waals surface area contributed by atoms with Gasteiger partial charge >= 0.3 is 5.97 Å². The van der Waals surface area contributed by atoms with Gasteiger partial charge in [0.05, 0.1) is 0 Å².